The van der Waals surface area contributed by atoms with Gasteiger partial charge in [0.25, 0.3) is 0 Å². The third kappa shape index (κ3) is 7.46. The molecule has 124 valence electrons. The van der Waals surface area contributed by atoms with Crippen LogP contribution in [0.25, 0.3) is 0 Å². The summed E-state index contributed by atoms with van der Waals surface area (Å²) in [6.07, 6.45) is 3.67. The number of hydrogen-bond acceptors (Lipinski definition) is 2. The average molecular weight is 305 g/mol. The first-order valence-electron chi connectivity index (χ1n) is 8.48. The van der Waals surface area contributed by atoms with Gasteiger partial charge in [-0.15, -0.1) is 0 Å². The fraction of sp³-hybridized carbons (Fsp3) is 0.611. The van der Waals surface area contributed by atoms with Crippen molar-refractivity contribution in [3.05, 3.63) is 35.4 Å². The van der Waals surface area contributed by atoms with Gasteiger partial charge in [0.2, 0.25) is 0 Å². The molecule has 0 saturated carbocycles. The summed E-state index contributed by atoms with van der Waals surface area (Å²) in [5, 5.41) is 6.70. The molecule has 0 saturated heterocycles. The molecule has 22 heavy (non-hydrogen) atoms. The van der Waals surface area contributed by atoms with Gasteiger partial charge in [0.15, 0.2) is 5.96 Å². The standard InChI is InChI=1S/C18H31N3O/c1-4-7-10-13-20-18(19-5-2)21-14-16-11-8-9-12-17(16)15-22-6-3/h8-9,11-12H,4-7,10,13-15H2,1-3H3,(H2,19,20,21). The van der Waals surface area contributed by atoms with Crippen LogP contribution >= 0.6 is 0 Å². The van der Waals surface area contributed by atoms with Crippen LogP contribution in [0, 0.1) is 0 Å². The maximum atomic E-state index is 5.53. The van der Waals surface area contributed by atoms with Crippen molar-refractivity contribution in [3.8, 4) is 0 Å². The second kappa shape index (κ2) is 12.0. The Morgan fingerprint density at radius 3 is 2.50 bits per heavy atom. The Hall–Kier alpha value is -1.55. The lowest BCUT2D eigenvalue weighted by molar-refractivity contribution is 0.133. The van der Waals surface area contributed by atoms with Gasteiger partial charge in [0.05, 0.1) is 13.2 Å². The molecular weight excluding hydrogens is 274 g/mol. The van der Waals surface area contributed by atoms with Crippen LogP contribution < -0.4 is 10.6 Å². The van der Waals surface area contributed by atoms with E-state index in [-0.39, 0.29) is 0 Å². The van der Waals surface area contributed by atoms with Crippen LogP contribution in [0.5, 0.6) is 0 Å². The van der Waals surface area contributed by atoms with Crippen molar-refractivity contribution in [2.75, 3.05) is 19.7 Å². The lowest BCUT2D eigenvalue weighted by atomic mass is 10.1. The predicted octanol–water partition coefficient (Wildman–Crippen LogP) is 3.47. The Balaban J connectivity index is 2.60. The SMILES string of the molecule is CCCCCNC(=NCc1ccccc1COCC)NCC. The minimum atomic E-state index is 0.655. The van der Waals surface area contributed by atoms with E-state index >= 15 is 0 Å². The first-order valence-corrected chi connectivity index (χ1v) is 8.48. The molecule has 4 heteroatoms. The maximum absolute atomic E-state index is 5.53. The zero-order valence-corrected chi connectivity index (χ0v) is 14.3. The molecule has 0 heterocycles. The third-order valence-corrected chi connectivity index (χ3v) is 3.40. The monoisotopic (exact) mass is 305 g/mol. The van der Waals surface area contributed by atoms with Crippen LogP contribution in [-0.4, -0.2) is 25.7 Å². The number of unbranched alkanes of at least 4 members (excludes halogenated alkanes) is 2. The van der Waals surface area contributed by atoms with Crippen LogP contribution in [0.4, 0.5) is 0 Å². The second-order valence-electron chi connectivity index (χ2n) is 5.23. The molecule has 1 rings (SSSR count). The molecule has 1 aromatic rings. The van der Waals surface area contributed by atoms with Gasteiger partial charge in [-0.3, -0.25) is 0 Å². The van der Waals surface area contributed by atoms with E-state index in [2.05, 4.69) is 53.7 Å². The highest BCUT2D eigenvalue weighted by atomic mass is 16.5. The second-order valence-corrected chi connectivity index (χ2v) is 5.23. The fourth-order valence-corrected chi connectivity index (χ4v) is 2.15. The Labute approximate surface area is 135 Å². The summed E-state index contributed by atoms with van der Waals surface area (Å²) in [6.45, 7) is 10.2. The van der Waals surface area contributed by atoms with E-state index in [9.17, 15) is 0 Å². The molecule has 4 nitrogen and oxygen atoms in total. The lowest BCUT2D eigenvalue weighted by Gasteiger charge is -2.12. The molecule has 0 unspecified atom stereocenters. The number of guanidine groups is 1. The summed E-state index contributed by atoms with van der Waals surface area (Å²) < 4.78 is 5.53. The number of ether oxygens (including phenoxy) is 1. The zero-order valence-electron chi connectivity index (χ0n) is 14.3. The molecule has 1 aromatic carbocycles. The summed E-state index contributed by atoms with van der Waals surface area (Å²) in [4.78, 5) is 4.69. The molecule has 0 amide bonds. The molecule has 0 bridgehead atoms. The molecule has 0 aromatic heterocycles. The Morgan fingerprint density at radius 1 is 1.05 bits per heavy atom. The van der Waals surface area contributed by atoms with E-state index in [1.54, 1.807) is 0 Å². The van der Waals surface area contributed by atoms with Crippen molar-refractivity contribution in [3.63, 3.8) is 0 Å². The first-order chi connectivity index (χ1) is 10.8. The highest BCUT2D eigenvalue weighted by molar-refractivity contribution is 5.79. The van der Waals surface area contributed by atoms with E-state index in [1.165, 1.54) is 30.4 Å². The summed E-state index contributed by atoms with van der Waals surface area (Å²) in [5.74, 6) is 0.893. The molecule has 0 aliphatic rings. The Morgan fingerprint density at radius 2 is 1.82 bits per heavy atom. The quantitative estimate of drug-likeness (QED) is 0.395. The Bertz CT molecular complexity index is 432. The summed E-state index contributed by atoms with van der Waals surface area (Å²) in [7, 11) is 0. The summed E-state index contributed by atoms with van der Waals surface area (Å²) in [6, 6.07) is 8.35. The summed E-state index contributed by atoms with van der Waals surface area (Å²) in [5.41, 5.74) is 2.44. The van der Waals surface area contributed by atoms with Gasteiger partial charge in [-0.1, -0.05) is 44.0 Å². The number of hydrogen-bond donors (Lipinski definition) is 2. The van der Waals surface area contributed by atoms with Crippen LogP contribution in [0.15, 0.2) is 29.3 Å². The number of nitrogens with one attached hydrogen (secondary N) is 2. The molecular formula is C18H31N3O. The number of rotatable bonds is 10. The highest BCUT2D eigenvalue weighted by Gasteiger charge is 2.02. The number of aliphatic imine (C=N–C) groups is 1. The van der Waals surface area contributed by atoms with Gasteiger partial charge in [-0.2, -0.15) is 0 Å². The highest BCUT2D eigenvalue weighted by Crippen LogP contribution is 2.11. The zero-order chi connectivity index (χ0) is 16.0. The van der Waals surface area contributed by atoms with Gasteiger partial charge < -0.3 is 15.4 Å². The average Bonchev–Trinajstić information content (AvgIpc) is 2.55. The summed E-state index contributed by atoms with van der Waals surface area (Å²) >= 11 is 0. The number of benzene rings is 1. The van der Waals surface area contributed by atoms with Crippen molar-refractivity contribution < 1.29 is 4.74 Å². The van der Waals surface area contributed by atoms with Crippen molar-refractivity contribution in [1.82, 2.24) is 10.6 Å². The van der Waals surface area contributed by atoms with Gasteiger partial charge >= 0.3 is 0 Å². The van der Waals surface area contributed by atoms with Crippen LogP contribution in [0.2, 0.25) is 0 Å². The van der Waals surface area contributed by atoms with Crippen molar-refractivity contribution in [1.29, 1.82) is 0 Å². The van der Waals surface area contributed by atoms with Crippen molar-refractivity contribution in [2.45, 2.75) is 53.2 Å². The minimum Gasteiger partial charge on any atom is -0.377 e. The van der Waals surface area contributed by atoms with E-state index in [0.29, 0.717) is 13.2 Å². The lowest BCUT2D eigenvalue weighted by Crippen LogP contribution is -2.37. The predicted molar refractivity (Wildman–Crippen MR) is 94.1 cm³/mol. The van der Waals surface area contributed by atoms with E-state index < -0.39 is 0 Å². The smallest absolute Gasteiger partial charge is 0.191 e. The van der Waals surface area contributed by atoms with Crippen LogP contribution in [0.3, 0.4) is 0 Å². The van der Waals surface area contributed by atoms with Crippen molar-refractivity contribution >= 4 is 5.96 Å². The van der Waals surface area contributed by atoms with Crippen LogP contribution in [0.1, 0.15) is 51.2 Å². The van der Waals surface area contributed by atoms with Crippen molar-refractivity contribution in [2.24, 2.45) is 4.99 Å². The third-order valence-electron chi connectivity index (χ3n) is 3.40. The largest absolute Gasteiger partial charge is 0.377 e. The maximum Gasteiger partial charge on any atom is 0.191 e. The molecule has 0 spiro atoms. The molecule has 2 N–H and O–H groups in total. The van der Waals surface area contributed by atoms with E-state index in [1.807, 2.05) is 6.92 Å². The van der Waals surface area contributed by atoms with Gasteiger partial charge in [-0.25, -0.2) is 4.99 Å². The topological polar surface area (TPSA) is 45.7 Å². The Kier molecular flexibility index (Phi) is 10.1. The van der Waals surface area contributed by atoms with Gasteiger partial charge in [0, 0.05) is 19.7 Å². The molecule has 0 atom stereocenters. The normalized spacial score (nSPS) is 11.5. The fourth-order valence-electron chi connectivity index (χ4n) is 2.15. The molecule has 0 aliphatic heterocycles. The number of nitrogens with zero attached hydrogens (tertiary/aromatic N) is 1. The first kappa shape index (κ1) is 18.5. The van der Waals surface area contributed by atoms with Gasteiger partial charge in [0.1, 0.15) is 0 Å². The van der Waals surface area contributed by atoms with Gasteiger partial charge in [-0.05, 0) is 31.4 Å². The van der Waals surface area contributed by atoms with E-state index in [0.717, 1.165) is 25.7 Å². The van der Waals surface area contributed by atoms with Crippen LogP contribution in [-0.2, 0) is 17.9 Å². The molecule has 0 radical (unpaired) electrons. The molecule has 0 aliphatic carbocycles. The van der Waals surface area contributed by atoms with E-state index in [4.69, 9.17) is 4.74 Å². The molecule has 0 fully saturated rings. The minimum absolute atomic E-state index is 0.655.